The van der Waals surface area contributed by atoms with Gasteiger partial charge in [-0.3, -0.25) is 9.59 Å². The maximum Gasteiger partial charge on any atom is 0.254 e. The number of phenolic OH excluding ortho intramolecular Hbond substituents is 1. The van der Waals surface area contributed by atoms with Crippen molar-refractivity contribution in [1.82, 2.24) is 40.4 Å². The Kier molecular flexibility index (Phi) is 15.6. The van der Waals surface area contributed by atoms with Crippen molar-refractivity contribution in [3.8, 4) is 39.2 Å². The van der Waals surface area contributed by atoms with Crippen LogP contribution >= 0.6 is 11.3 Å². The van der Waals surface area contributed by atoms with E-state index < -0.39 is 18.1 Å². The number of benzene rings is 2. The fraction of sp³-hybridized carbons (Fsp3) is 0.508. The third kappa shape index (κ3) is 11.4. The van der Waals surface area contributed by atoms with Gasteiger partial charge in [-0.2, -0.15) is 0 Å². The van der Waals surface area contributed by atoms with Gasteiger partial charge >= 0.3 is 0 Å². The monoisotopic (exact) mass is 1080 g/mol. The molecule has 2 bridgehead atoms. The van der Waals surface area contributed by atoms with Crippen LogP contribution in [0.4, 0.5) is 17.2 Å². The van der Waals surface area contributed by atoms with E-state index >= 15 is 0 Å². The summed E-state index contributed by atoms with van der Waals surface area (Å²) in [6.45, 7) is 14.4. The molecular formula is C59H73N11O7S. The van der Waals surface area contributed by atoms with Gasteiger partial charge < -0.3 is 54.9 Å². The van der Waals surface area contributed by atoms with E-state index in [1.165, 1.54) is 4.90 Å². The minimum absolute atomic E-state index is 0.0623. The van der Waals surface area contributed by atoms with Gasteiger partial charge in [0.25, 0.3) is 5.88 Å². The van der Waals surface area contributed by atoms with Gasteiger partial charge in [0.2, 0.25) is 17.7 Å². The van der Waals surface area contributed by atoms with E-state index in [-0.39, 0.29) is 48.6 Å². The number of phenols is 1. The van der Waals surface area contributed by atoms with Crippen LogP contribution in [-0.2, 0) is 9.59 Å². The Morgan fingerprint density at radius 2 is 1.69 bits per heavy atom. The van der Waals surface area contributed by atoms with Crippen LogP contribution in [0.5, 0.6) is 17.5 Å². The predicted molar refractivity (Wildman–Crippen MR) is 299 cm³/mol. The molecule has 8 heterocycles. The number of likely N-dealkylation sites (tertiary alicyclic amines) is 2. The molecule has 1 saturated carbocycles. The zero-order valence-corrected chi connectivity index (χ0v) is 46.1. The summed E-state index contributed by atoms with van der Waals surface area (Å²) in [5, 5.41) is 37.1. The highest BCUT2D eigenvalue weighted by molar-refractivity contribution is 7.13. The number of fused-ring (bicyclic) bond motifs is 2. The van der Waals surface area contributed by atoms with Crippen molar-refractivity contribution in [2.45, 2.75) is 134 Å². The molecule has 5 N–H and O–H groups in total. The van der Waals surface area contributed by atoms with Crippen molar-refractivity contribution in [2.24, 2.45) is 17.8 Å². The van der Waals surface area contributed by atoms with Gasteiger partial charge in [-0.25, -0.2) is 9.97 Å². The molecule has 78 heavy (non-hydrogen) atoms. The number of piperidine rings is 1. The molecule has 5 fully saturated rings. The summed E-state index contributed by atoms with van der Waals surface area (Å²) in [6, 6.07) is 23.0. The summed E-state index contributed by atoms with van der Waals surface area (Å²) in [5.74, 6) is 1.62. The fourth-order valence-electron chi connectivity index (χ4n) is 12.8. The van der Waals surface area contributed by atoms with Gasteiger partial charge in [0.1, 0.15) is 23.8 Å². The number of ether oxygens (including phenoxy) is 2. The topological polar surface area (TPSA) is 222 Å². The predicted octanol–water partition coefficient (Wildman–Crippen LogP) is 8.41. The number of aryl methyl sites for hydroxylation is 1. The Morgan fingerprint density at radius 1 is 0.910 bits per heavy atom. The quantitative estimate of drug-likeness (QED) is 0.0634. The number of anilines is 3. The maximum absolute atomic E-state index is 14.3. The number of amides is 2. The molecule has 8 atom stereocenters. The number of nitrogen functional groups attached to an aromatic ring is 1. The van der Waals surface area contributed by atoms with Gasteiger partial charge in [-0.1, -0.05) is 50.2 Å². The summed E-state index contributed by atoms with van der Waals surface area (Å²) >= 11 is 1.60. The van der Waals surface area contributed by atoms with E-state index in [1.807, 2.05) is 81.9 Å². The van der Waals surface area contributed by atoms with Crippen LogP contribution in [0.15, 0.2) is 89.0 Å². The second kappa shape index (κ2) is 22.9. The van der Waals surface area contributed by atoms with E-state index in [4.69, 9.17) is 19.7 Å². The number of piperazine rings is 1. The summed E-state index contributed by atoms with van der Waals surface area (Å²) in [6.07, 6.45) is 8.65. The van der Waals surface area contributed by atoms with E-state index in [0.29, 0.717) is 71.2 Å². The minimum atomic E-state index is -0.821. The van der Waals surface area contributed by atoms with Crippen LogP contribution in [0.2, 0.25) is 0 Å². The number of aromatic nitrogens is 5. The molecule has 0 spiro atoms. The molecule has 4 saturated heterocycles. The number of aliphatic hydroxyl groups is 1. The lowest BCUT2D eigenvalue weighted by Gasteiger charge is -2.44. The first-order valence-electron chi connectivity index (χ1n) is 27.9. The fourth-order valence-corrected chi connectivity index (χ4v) is 13.6. The van der Waals surface area contributed by atoms with E-state index in [9.17, 15) is 19.8 Å². The highest BCUT2D eigenvalue weighted by Crippen LogP contribution is 2.41. The number of thiazole rings is 1. The van der Waals surface area contributed by atoms with Crippen LogP contribution < -0.4 is 30.3 Å². The molecule has 1 aliphatic carbocycles. The second-order valence-corrected chi connectivity index (χ2v) is 23.7. The standard InChI is InChI=1S/C59H73N11O7S/c1-34(2)55(59(74)69-32-45(71)26-50(69)58(73)63-36(4)40-10-12-41(13-11-40)56-37(5)62-33-78-56)52-28-54(66-77-52)75-21-18-38-17-20-67(35(3)22-38)29-39-23-46(24-39)76-53-25-42(16-19-61-53)70-43-14-15-44(70)31-68(30-43)49-27-48(64-65-57(49)60)47-8-6-7-9-51(47)72/h6-13,16,19,25,27-28,33-36,38-39,43-46,50,55,71-72H,14-15,17-18,20-24,26,29-32H2,1-5H3,(H2,60,65)(H,63,73)/t35-,36+,38+,39?,43-,44?,45-,46?,50+,55-/m1/s1. The average Bonchev–Trinajstić information content (AvgIpc) is 4.34. The highest BCUT2D eigenvalue weighted by atomic mass is 32.1. The number of hydrogen-bond acceptors (Lipinski definition) is 17. The molecule has 2 amide bonds. The van der Waals surface area contributed by atoms with E-state index in [0.717, 1.165) is 104 Å². The minimum Gasteiger partial charge on any atom is -0.507 e. The Morgan fingerprint density at radius 3 is 2.42 bits per heavy atom. The van der Waals surface area contributed by atoms with Gasteiger partial charge in [0, 0.05) is 80.3 Å². The van der Waals surface area contributed by atoms with E-state index in [1.54, 1.807) is 29.5 Å². The number of nitrogens with two attached hydrogens (primary N) is 1. The van der Waals surface area contributed by atoms with Gasteiger partial charge in [-0.05, 0) is 131 Å². The Balaban J connectivity index is 0.610. The van der Waals surface area contributed by atoms with E-state index in [2.05, 4.69) is 64.4 Å². The first-order valence-corrected chi connectivity index (χ1v) is 28.8. The normalized spacial score (nSPS) is 25.0. The lowest BCUT2D eigenvalue weighted by molar-refractivity contribution is -0.141. The van der Waals surface area contributed by atoms with Crippen LogP contribution in [0.3, 0.4) is 0 Å². The van der Waals surface area contributed by atoms with Crippen molar-refractivity contribution >= 4 is 40.3 Å². The molecule has 11 rings (SSSR count). The average molecular weight is 1080 g/mol. The van der Waals surface area contributed by atoms with Gasteiger partial charge in [0.05, 0.1) is 46.2 Å². The maximum atomic E-state index is 14.3. The first kappa shape index (κ1) is 53.2. The number of carbonyl (C=O) groups excluding carboxylic acids is 2. The molecule has 6 aromatic rings. The van der Waals surface area contributed by atoms with Crippen LogP contribution in [0.1, 0.15) is 108 Å². The zero-order chi connectivity index (χ0) is 54.2. The number of carbonyl (C=O) groups is 2. The number of aromatic hydroxyl groups is 1. The zero-order valence-electron chi connectivity index (χ0n) is 45.3. The molecule has 1 unspecified atom stereocenters. The van der Waals surface area contributed by atoms with Crippen LogP contribution in [0.25, 0.3) is 21.7 Å². The smallest absolute Gasteiger partial charge is 0.254 e. The number of aliphatic hydroxyl groups excluding tert-OH is 1. The van der Waals surface area contributed by atoms with Crippen molar-refractivity contribution in [3.05, 3.63) is 102 Å². The molecule has 18 nitrogen and oxygen atoms in total. The molecule has 4 aliphatic heterocycles. The molecule has 19 heteroatoms. The van der Waals surface area contributed by atoms with Crippen LogP contribution in [0, 0.1) is 24.7 Å². The lowest BCUT2D eigenvalue weighted by atomic mass is 9.80. The van der Waals surface area contributed by atoms with Crippen molar-refractivity contribution in [2.75, 3.05) is 54.9 Å². The second-order valence-electron chi connectivity index (χ2n) is 22.8. The molecular weight excluding hydrogens is 1010 g/mol. The Bertz CT molecular complexity index is 3040. The van der Waals surface area contributed by atoms with Crippen molar-refractivity contribution < 1.29 is 33.8 Å². The molecule has 2 aromatic carbocycles. The molecule has 5 aliphatic rings. The molecule has 4 aromatic heterocycles. The number of hydrogen-bond donors (Lipinski definition) is 4. The summed E-state index contributed by atoms with van der Waals surface area (Å²) < 4.78 is 18.4. The van der Waals surface area contributed by atoms with Gasteiger partial charge in [0.15, 0.2) is 11.6 Å². The van der Waals surface area contributed by atoms with Gasteiger partial charge in [-0.15, -0.1) is 21.5 Å². The first-order chi connectivity index (χ1) is 37.7. The highest BCUT2D eigenvalue weighted by Gasteiger charge is 2.45. The third-order valence-corrected chi connectivity index (χ3v) is 18.1. The summed E-state index contributed by atoms with van der Waals surface area (Å²) in [4.78, 5) is 47.2. The Labute approximate surface area is 460 Å². The lowest BCUT2D eigenvalue weighted by Crippen LogP contribution is -2.54. The molecule has 412 valence electrons. The third-order valence-electron chi connectivity index (χ3n) is 17.1. The molecule has 0 radical (unpaired) electrons. The van der Waals surface area contributed by atoms with Crippen LogP contribution in [-0.4, -0.2) is 133 Å². The SMILES string of the molecule is Cc1ncsc1-c1ccc([C@H](C)NC(=O)[C@@H]2C[C@@H](O)CN2C(=O)[C@@H](c2cc(OCC[C@@H]3CCN(CC4CC(Oc5cc(N6C7CC[C@@H]6CN(c6cc(-c8ccccc8O)nnc6N)C7)ccn5)C4)[C@H](C)C3)no2)C(C)C)cc1. The number of rotatable bonds is 18. The number of nitrogens with one attached hydrogen (secondary N) is 1. The van der Waals surface area contributed by atoms with Crippen molar-refractivity contribution in [3.63, 3.8) is 0 Å². The summed E-state index contributed by atoms with van der Waals surface area (Å²) in [7, 11) is 0. The number of nitrogens with zero attached hydrogens (tertiary/aromatic N) is 9. The largest absolute Gasteiger partial charge is 0.507 e. The van der Waals surface area contributed by atoms with Crippen molar-refractivity contribution in [1.29, 1.82) is 0 Å². The number of para-hydroxylation sites is 1. The number of β-amino-alcohol motifs (C(OH)–C–C–N with tert-alkyl or cyclic N) is 1. The summed E-state index contributed by atoms with van der Waals surface area (Å²) in [5.41, 5.74) is 14.5. The Hall–Kier alpha value is -6.83. The number of pyridine rings is 1.